The molecule has 2 aromatic heterocycles. The van der Waals surface area contributed by atoms with E-state index >= 15 is 0 Å². The summed E-state index contributed by atoms with van der Waals surface area (Å²) in [5.41, 5.74) is 1.13. The first-order chi connectivity index (χ1) is 9.72. The quantitative estimate of drug-likeness (QED) is 0.811. The number of nitrogens with zero attached hydrogens (tertiary/aromatic N) is 2. The Kier molecular flexibility index (Phi) is 3.75. The van der Waals surface area contributed by atoms with Crippen LogP contribution < -0.4 is 10.6 Å². The van der Waals surface area contributed by atoms with Crippen LogP contribution >= 0.6 is 11.6 Å². The fraction of sp³-hybridized carbons (Fsp3) is 0.385. The van der Waals surface area contributed by atoms with E-state index < -0.39 is 0 Å². The van der Waals surface area contributed by atoms with Crippen molar-refractivity contribution >= 4 is 23.2 Å². The van der Waals surface area contributed by atoms with E-state index in [0.29, 0.717) is 22.4 Å². The fourth-order valence-electron chi connectivity index (χ4n) is 2.37. The third-order valence-corrected chi connectivity index (χ3v) is 3.65. The van der Waals surface area contributed by atoms with Gasteiger partial charge in [0.25, 0.3) is 5.91 Å². The van der Waals surface area contributed by atoms with Crippen LogP contribution in [0.3, 0.4) is 0 Å². The monoisotopic (exact) mass is 293 g/mol. The number of aromatic amines is 1. The van der Waals surface area contributed by atoms with Crippen molar-refractivity contribution in [2.45, 2.75) is 18.9 Å². The summed E-state index contributed by atoms with van der Waals surface area (Å²) in [5, 5.41) is 11.0. The number of H-pyrrole nitrogens is 1. The van der Waals surface area contributed by atoms with E-state index in [9.17, 15) is 4.79 Å². The second-order valence-corrected chi connectivity index (χ2v) is 5.31. The van der Waals surface area contributed by atoms with E-state index in [-0.39, 0.29) is 5.91 Å². The van der Waals surface area contributed by atoms with Crippen LogP contribution in [0.2, 0.25) is 5.02 Å². The van der Waals surface area contributed by atoms with Gasteiger partial charge in [-0.3, -0.25) is 9.48 Å². The first-order valence-corrected chi connectivity index (χ1v) is 7.00. The average molecular weight is 294 g/mol. The van der Waals surface area contributed by atoms with Crippen molar-refractivity contribution in [3.8, 4) is 0 Å². The van der Waals surface area contributed by atoms with Gasteiger partial charge in [-0.25, -0.2) is 0 Å². The Balaban J connectivity index is 1.66. The summed E-state index contributed by atoms with van der Waals surface area (Å²) in [6.07, 6.45) is 7.24. The van der Waals surface area contributed by atoms with Gasteiger partial charge in [0.15, 0.2) is 0 Å². The van der Waals surface area contributed by atoms with E-state index in [2.05, 4.69) is 20.7 Å². The molecule has 106 valence electrons. The highest BCUT2D eigenvalue weighted by molar-refractivity contribution is 6.31. The molecule has 0 aliphatic carbocycles. The molecular weight excluding hydrogens is 278 g/mol. The number of carbonyl (C=O) groups is 1. The van der Waals surface area contributed by atoms with E-state index in [0.717, 1.165) is 25.9 Å². The summed E-state index contributed by atoms with van der Waals surface area (Å²) in [7, 11) is 0. The number of nitrogens with one attached hydrogen (secondary N) is 3. The topological polar surface area (TPSA) is 74.7 Å². The third kappa shape index (κ3) is 2.86. The number of piperidine rings is 1. The van der Waals surface area contributed by atoms with Gasteiger partial charge in [-0.05, 0) is 32.0 Å². The minimum atomic E-state index is -0.221. The van der Waals surface area contributed by atoms with Gasteiger partial charge in [-0.15, -0.1) is 0 Å². The lowest BCUT2D eigenvalue weighted by Crippen LogP contribution is -2.29. The van der Waals surface area contributed by atoms with Gasteiger partial charge in [-0.1, -0.05) is 11.6 Å². The minimum absolute atomic E-state index is 0.221. The highest BCUT2D eigenvalue weighted by atomic mass is 35.5. The molecule has 0 spiro atoms. The summed E-state index contributed by atoms with van der Waals surface area (Å²) in [5.74, 6) is -0.221. The molecule has 0 radical (unpaired) electrons. The molecule has 0 aromatic carbocycles. The van der Waals surface area contributed by atoms with Gasteiger partial charge in [0.2, 0.25) is 0 Å². The Morgan fingerprint density at radius 1 is 1.45 bits per heavy atom. The van der Waals surface area contributed by atoms with Crippen LogP contribution in [0.15, 0.2) is 24.7 Å². The molecule has 2 aromatic rings. The van der Waals surface area contributed by atoms with E-state index in [1.54, 1.807) is 18.5 Å². The molecule has 1 amide bonds. The molecule has 0 saturated carbocycles. The molecule has 6 nitrogen and oxygen atoms in total. The van der Waals surface area contributed by atoms with Crippen molar-refractivity contribution in [2.24, 2.45) is 0 Å². The number of carbonyl (C=O) groups excluding carboxylic acids is 1. The van der Waals surface area contributed by atoms with Gasteiger partial charge in [0.1, 0.15) is 5.69 Å². The SMILES string of the molecule is O=C(Nc1cnn(C2CCNCC2)c1)c1cc(Cl)c[nH]1. The molecular formula is C13H16ClN5O. The van der Waals surface area contributed by atoms with Gasteiger partial charge < -0.3 is 15.6 Å². The maximum absolute atomic E-state index is 12.0. The molecule has 0 unspecified atom stereocenters. The molecule has 0 bridgehead atoms. The van der Waals surface area contributed by atoms with Crippen LogP contribution in [0, 0.1) is 0 Å². The first-order valence-electron chi connectivity index (χ1n) is 6.62. The summed E-state index contributed by atoms with van der Waals surface area (Å²) in [6, 6.07) is 2.00. The zero-order valence-electron chi connectivity index (χ0n) is 10.9. The zero-order chi connectivity index (χ0) is 13.9. The second-order valence-electron chi connectivity index (χ2n) is 4.88. The summed E-state index contributed by atoms with van der Waals surface area (Å²) in [6.45, 7) is 2.01. The maximum atomic E-state index is 12.0. The Bertz CT molecular complexity index is 599. The van der Waals surface area contributed by atoms with Crippen molar-refractivity contribution in [3.05, 3.63) is 35.4 Å². The molecule has 3 rings (SSSR count). The van der Waals surface area contributed by atoms with E-state index in [4.69, 9.17) is 11.6 Å². The summed E-state index contributed by atoms with van der Waals surface area (Å²) in [4.78, 5) is 14.8. The third-order valence-electron chi connectivity index (χ3n) is 3.43. The average Bonchev–Trinajstić information content (AvgIpc) is 3.09. The van der Waals surface area contributed by atoms with Gasteiger partial charge in [-0.2, -0.15) is 5.10 Å². The standard InChI is InChI=1S/C13H16ClN5O/c14-9-5-12(16-6-9)13(20)18-10-7-17-19(8-10)11-1-3-15-4-2-11/h5-8,11,15-16H,1-4H2,(H,18,20). The lowest BCUT2D eigenvalue weighted by molar-refractivity contribution is 0.102. The fourth-order valence-corrected chi connectivity index (χ4v) is 2.53. The number of rotatable bonds is 3. The molecule has 3 N–H and O–H groups in total. The first kappa shape index (κ1) is 13.2. The summed E-state index contributed by atoms with van der Waals surface area (Å²) < 4.78 is 1.93. The van der Waals surface area contributed by atoms with Crippen molar-refractivity contribution in [1.82, 2.24) is 20.1 Å². The van der Waals surface area contributed by atoms with Crippen molar-refractivity contribution < 1.29 is 4.79 Å². The highest BCUT2D eigenvalue weighted by Crippen LogP contribution is 2.20. The molecule has 1 aliphatic rings. The number of aromatic nitrogens is 3. The molecule has 3 heterocycles. The number of amides is 1. The lowest BCUT2D eigenvalue weighted by atomic mass is 10.1. The molecule has 1 aliphatic heterocycles. The smallest absolute Gasteiger partial charge is 0.272 e. The lowest BCUT2D eigenvalue weighted by Gasteiger charge is -2.22. The van der Waals surface area contributed by atoms with Crippen molar-refractivity contribution in [3.63, 3.8) is 0 Å². The number of halogens is 1. The normalized spacial score (nSPS) is 16.2. The predicted octanol–water partition coefficient (Wildman–Crippen LogP) is 2.04. The number of hydrogen-bond donors (Lipinski definition) is 3. The van der Waals surface area contributed by atoms with Crippen LogP contribution in [-0.2, 0) is 0 Å². The Hall–Kier alpha value is -1.79. The Morgan fingerprint density at radius 3 is 2.95 bits per heavy atom. The van der Waals surface area contributed by atoms with Crippen molar-refractivity contribution in [1.29, 1.82) is 0 Å². The Morgan fingerprint density at radius 2 is 2.25 bits per heavy atom. The van der Waals surface area contributed by atoms with Crippen LogP contribution in [0.1, 0.15) is 29.4 Å². The number of anilines is 1. The molecule has 1 fully saturated rings. The zero-order valence-corrected chi connectivity index (χ0v) is 11.7. The highest BCUT2D eigenvalue weighted by Gasteiger charge is 2.16. The second kappa shape index (κ2) is 5.68. The van der Waals surface area contributed by atoms with Crippen LogP contribution in [0.4, 0.5) is 5.69 Å². The van der Waals surface area contributed by atoms with Gasteiger partial charge in [0, 0.05) is 12.4 Å². The molecule has 7 heteroatoms. The van der Waals surface area contributed by atoms with Crippen LogP contribution in [0.5, 0.6) is 0 Å². The molecule has 0 atom stereocenters. The van der Waals surface area contributed by atoms with E-state index in [1.165, 1.54) is 0 Å². The van der Waals surface area contributed by atoms with Gasteiger partial charge in [0.05, 0.1) is 22.9 Å². The maximum Gasteiger partial charge on any atom is 0.272 e. The summed E-state index contributed by atoms with van der Waals surface area (Å²) >= 11 is 5.78. The van der Waals surface area contributed by atoms with Crippen molar-refractivity contribution in [2.75, 3.05) is 18.4 Å². The van der Waals surface area contributed by atoms with Crippen LogP contribution in [-0.4, -0.2) is 33.8 Å². The predicted molar refractivity (Wildman–Crippen MR) is 77.1 cm³/mol. The van der Waals surface area contributed by atoms with Crippen LogP contribution in [0.25, 0.3) is 0 Å². The molecule has 20 heavy (non-hydrogen) atoms. The minimum Gasteiger partial charge on any atom is -0.356 e. The largest absolute Gasteiger partial charge is 0.356 e. The van der Waals surface area contributed by atoms with Gasteiger partial charge >= 0.3 is 0 Å². The number of hydrogen-bond acceptors (Lipinski definition) is 3. The Labute approximate surface area is 121 Å². The van der Waals surface area contributed by atoms with E-state index in [1.807, 2.05) is 10.9 Å². The molecule has 1 saturated heterocycles.